The van der Waals surface area contributed by atoms with Crippen molar-refractivity contribution in [3.63, 3.8) is 0 Å². The number of amides is 3. The van der Waals surface area contributed by atoms with Crippen LogP contribution >= 0.6 is 0 Å². The molecule has 1 aliphatic carbocycles. The maximum absolute atomic E-state index is 13.1. The number of aliphatic hydroxyl groups is 1. The topological polar surface area (TPSA) is 126 Å². The van der Waals surface area contributed by atoms with Crippen LogP contribution in [0, 0.1) is 19.8 Å². The van der Waals surface area contributed by atoms with Crippen molar-refractivity contribution in [3.05, 3.63) is 11.5 Å². The van der Waals surface area contributed by atoms with Crippen LogP contribution in [0.4, 0.5) is 10.5 Å². The lowest BCUT2D eigenvalue weighted by Crippen LogP contribution is -2.58. The van der Waals surface area contributed by atoms with Crippen LogP contribution in [0.1, 0.15) is 43.6 Å². The summed E-state index contributed by atoms with van der Waals surface area (Å²) in [5.41, 5.74) is 1.13. The Kier molecular flexibility index (Phi) is 6.78. The highest BCUT2D eigenvalue weighted by atomic mass is 16.5. The van der Waals surface area contributed by atoms with E-state index in [0.717, 1.165) is 6.54 Å². The molecule has 2 aliphatic heterocycles. The van der Waals surface area contributed by atoms with Gasteiger partial charge in [-0.05, 0) is 45.4 Å². The Labute approximate surface area is 181 Å². The SMILES string of the molecule is Cc1noc(C)c1NC(=O)N1C[C@H](O)COC[C@H]2O[C@@H](CC(=O)NCC3CC3)CC[C@@H]21. The number of nitrogens with zero attached hydrogens (tertiary/aromatic N) is 2. The predicted octanol–water partition coefficient (Wildman–Crippen LogP) is 1.35. The highest BCUT2D eigenvalue weighted by molar-refractivity contribution is 5.90. The summed E-state index contributed by atoms with van der Waals surface area (Å²) >= 11 is 0. The molecule has 1 aromatic heterocycles. The number of aliphatic hydroxyl groups excluding tert-OH is 1. The van der Waals surface area contributed by atoms with E-state index in [9.17, 15) is 14.7 Å². The lowest BCUT2D eigenvalue weighted by atomic mass is 9.95. The normalized spacial score (nSPS) is 28.9. The smallest absolute Gasteiger partial charge is 0.322 e. The van der Waals surface area contributed by atoms with E-state index in [0.29, 0.717) is 42.3 Å². The zero-order valence-corrected chi connectivity index (χ0v) is 18.1. The molecule has 3 heterocycles. The van der Waals surface area contributed by atoms with Gasteiger partial charge in [0.05, 0.1) is 44.4 Å². The zero-order valence-electron chi connectivity index (χ0n) is 18.1. The van der Waals surface area contributed by atoms with Crippen LogP contribution in [-0.4, -0.2) is 77.8 Å². The summed E-state index contributed by atoms with van der Waals surface area (Å²) in [5.74, 6) is 1.16. The molecule has 2 saturated heterocycles. The van der Waals surface area contributed by atoms with E-state index in [1.165, 1.54) is 12.8 Å². The van der Waals surface area contributed by atoms with Crippen molar-refractivity contribution < 1.29 is 28.7 Å². The van der Waals surface area contributed by atoms with Gasteiger partial charge in [0.25, 0.3) is 0 Å². The van der Waals surface area contributed by atoms with Gasteiger partial charge in [0.1, 0.15) is 17.5 Å². The molecule has 172 valence electrons. The second-order valence-electron chi connectivity index (χ2n) is 8.87. The highest BCUT2D eigenvalue weighted by Crippen LogP contribution is 2.30. The zero-order chi connectivity index (χ0) is 22.0. The highest BCUT2D eigenvalue weighted by Gasteiger charge is 2.40. The maximum atomic E-state index is 13.1. The number of carbonyl (C=O) groups is 2. The maximum Gasteiger partial charge on any atom is 0.322 e. The number of fused-ring (bicyclic) bond motifs is 1. The molecule has 0 unspecified atom stereocenters. The number of aryl methyl sites for hydroxylation is 2. The molecule has 31 heavy (non-hydrogen) atoms. The van der Waals surface area contributed by atoms with Gasteiger partial charge in [0.15, 0.2) is 5.76 Å². The van der Waals surface area contributed by atoms with Crippen molar-refractivity contribution in [2.75, 3.05) is 31.6 Å². The second-order valence-corrected chi connectivity index (χ2v) is 8.87. The lowest BCUT2D eigenvalue weighted by Gasteiger charge is -2.44. The van der Waals surface area contributed by atoms with Gasteiger partial charge in [-0.2, -0.15) is 0 Å². The molecule has 4 rings (SSSR count). The van der Waals surface area contributed by atoms with Crippen LogP contribution in [0.2, 0.25) is 0 Å². The Morgan fingerprint density at radius 2 is 2.00 bits per heavy atom. The van der Waals surface area contributed by atoms with Gasteiger partial charge in [-0.25, -0.2) is 4.79 Å². The molecule has 3 amide bonds. The number of rotatable bonds is 5. The van der Waals surface area contributed by atoms with E-state index >= 15 is 0 Å². The number of β-amino-alcohol motifs (C(OH)–C–C–N with tert-alkyl or cyclic N) is 1. The minimum Gasteiger partial charge on any atom is -0.389 e. The number of aromatic nitrogens is 1. The molecule has 0 spiro atoms. The van der Waals surface area contributed by atoms with Crippen LogP contribution in [0.15, 0.2) is 4.52 Å². The van der Waals surface area contributed by atoms with E-state index in [1.54, 1.807) is 18.7 Å². The second kappa shape index (κ2) is 9.54. The van der Waals surface area contributed by atoms with E-state index < -0.39 is 6.10 Å². The molecule has 0 radical (unpaired) electrons. The summed E-state index contributed by atoms with van der Waals surface area (Å²) in [6.45, 7) is 4.75. The van der Waals surface area contributed by atoms with E-state index in [1.807, 2.05) is 0 Å². The number of anilines is 1. The average molecular weight is 437 g/mol. The Bertz CT molecular complexity index is 775. The Balaban J connectivity index is 1.40. The molecular formula is C21H32N4O6. The first-order valence-corrected chi connectivity index (χ1v) is 11.1. The first-order chi connectivity index (χ1) is 14.9. The fourth-order valence-corrected chi connectivity index (χ4v) is 4.27. The first-order valence-electron chi connectivity index (χ1n) is 11.1. The summed E-state index contributed by atoms with van der Waals surface area (Å²) in [6, 6.07) is -0.601. The van der Waals surface area contributed by atoms with Crippen molar-refractivity contribution in [1.29, 1.82) is 0 Å². The summed E-state index contributed by atoms with van der Waals surface area (Å²) in [6.07, 6.45) is 2.66. The molecule has 3 N–H and O–H groups in total. The fourth-order valence-electron chi connectivity index (χ4n) is 4.27. The molecule has 10 heteroatoms. The van der Waals surface area contributed by atoms with Crippen LogP contribution in [0.25, 0.3) is 0 Å². The average Bonchev–Trinajstić information content (AvgIpc) is 3.51. The van der Waals surface area contributed by atoms with Crippen LogP contribution in [-0.2, 0) is 14.3 Å². The van der Waals surface area contributed by atoms with Crippen LogP contribution in [0.3, 0.4) is 0 Å². The summed E-state index contributed by atoms with van der Waals surface area (Å²) < 4.78 is 16.9. The third-order valence-electron chi connectivity index (χ3n) is 6.21. The van der Waals surface area contributed by atoms with Crippen LogP contribution in [0.5, 0.6) is 0 Å². The molecule has 0 bridgehead atoms. The van der Waals surface area contributed by atoms with Gasteiger partial charge in [-0.3, -0.25) is 4.79 Å². The van der Waals surface area contributed by atoms with Gasteiger partial charge in [-0.15, -0.1) is 0 Å². The Morgan fingerprint density at radius 1 is 1.19 bits per heavy atom. The lowest BCUT2D eigenvalue weighted by molar-refractivity contribution is -0.149. The molecule has 1 aromatic rings. The van der Waals surface area contributed by atoms with Crippen molar-refractivity contribution in [1.82, 2.24) is 15.4 Å². The number of nitrogens with one attached hydrogen (secondary N) is 2. The molecule has 1 saturated carbocycles. The predicted molar refractivity (Wildman–Crippen MR) is 111 cm³/mol. The van der Waals surface area contributed by atoms with E-state index in [4.69, 9.17) is 14.0 Å². The Hall–Kier alpha value is -2.17. The molecule has 0 aromatic carbocycles. The molecule has 4 atom stereocenters. The van der Waals surface area contributed by atoms with Gasteiger partial charge < -0.3 is 34.6 Å². The number of carbonyl (C=O) groups excluding carboxylic acids is 2. The van der Waals surface area contributed by atoms with Crippen molar-refractivity contribution in [2.45, 2.75) is 70.3 Å². The van der Waals surface area contributed by atoms with Gasteiger partial charge in [0, 0.05) is 6.54 Å². The van der Waals surface area contributed by atoms with E-state index in [2.05, 4.69) is 15.8 Å². The molecular weight excluding hydrogens is 404 g/mol. The molecule has 3 fully saturated rings. The summed E-state index contributed by atoms with van der Waals surface area (Å²) in [4.78, 5) is 27.0. The Morgan fingerprint density at radius 3 is 2.71 bits per heavy atom. The summed E-state index contributed by atoms with van der Waals surface area (Å²) in [5, 5.41) is 20.0. The van der Waals surface area contributed by atoms with Crippen molar-refractivity contribution in [3.8, 4) is 0 Å². The van der Waals surface area contributed by atoms with Gasteiger partial charge in [0.2, 0.25) is 5.91 Å². The number of ether oxygens (including phenoxy) is 2. The number of urea groups is 1. The minimum atomic E-state index is -0.790. The third kappa shape index (κ3) is 5.55. The summed E-state index contributed by atoms with van der Waals surface area (Å²) in [7, 11) is 0. The largest absolute Gasteiger partial charge is 0.389 e. The minimum absolute atomic E-state index is 0.00513. The van der Waals surface area contributed by atoms with Crippen molar-refractivity contribution >= 4 is 17.6 Å². The molecule has 10 nitrogen and oxygen atoms in total. The first kappa shape index (κ1) is 22.0. The van der Waals surface area contributed by atoms with Gasteiger partial charge in [-0.1, -0.05) is 5.16 Å². The number of hydrogen-bond donors (Lipinski definition) is 3. The van der Waals surface area contributed by atoms with Gasteiger partial charge >= 0.3 is 6.03 Å². The molecule has 3 aliphatic rings. The number of hydrogen-bond acceptors (Lipinski definition) is 7. The quantitative estimate of drug-likeness (QED) is 0.636. The van der Waals surface area contributed by atoms with Crippen molar-refractivity contribution in [2.24, 2.45) is 5.92 Å². The van der Waals surface area contributed by atoms with Crippen LogP contribution < -0.4 is 10.6 Å². The third-order valence-corrected chi connectivity index (χ3v) is 6.21. The standard InChI is InChI=1S/C21H32N4O6/c1-12-20(13(2)31-24-12)23-21(28)25-9-15(26)10-29-11-18-17(25)6-5-16(30-18)7-19(27)22-8-14-3-4-14/h14-18,26H,3-11H2,1-2H3,(H,22,27)(H,23,28)/t15-,16+,17-,18+/m0/s1. The fraction of sp³-hybridized carbons (Fsp3) is 0.762. The monoisotopic (exact) mass is 436 g/mol. The van der Waals surface area contributed by atoms with E-state index in [-0.39, 0.29) is 49.9 Å².